The topological polar surface area (TPSA) is 35.5 Å². The lowest BCUT2D eigenvalue weighted by atomic mass is 10.0. The minimum absolute atomic E-state index is 0. The van der Waals surface area contributed by atoms with Crippen LogP contribution in [0, 0.1) is 5.82 Å². The fourth-order valence-corrected chi connectivity index (χ4v) is 2.61. The number of hydrogen-bond acceptors (Lipinski definition) is 3. The number of halogens is 6. The fourth-order valence-electron chi connectivity index (χ4n) is 2.25. The van der Waals surface area contributed by atoms with Crippen molar-refractivity contribution in [3.63, 3.8) is 0 Å². The highest BCUT2D eigenvalue weighted by molar-refractivity contribution is 9.10. The van der Waals surface area contributed by atoms with Gasteiger partial charge in [-0.3, -0.25) is 4.90 Å². The Bertz CT molecular complexity index is 462. The van der Waals surface area contributed by atoms with Crippen LogP contribution in [0.2, 0.25) is 0 Å². The minimum atomic E-state index is -2.65. The van der Waals surface area contributed by atoms with E-state index in [4.69, 9.17) is 0 Å². The van der Waals surface area contributed by atoms with Crippen molar-refractivity contribution in [3.05, 3.63) is 28.0 Å². The molecule has 0 saturated carbocycles. The molecule has 0 bridgehead atoms. The standard InChI is InChI=1S/C12H14BrF3N2O.2ClH/c13-9-8(14)2-1-7(11(9)19)10(12(15)16)18-5-3-17-4-6-18;;/h1-2,10,12,17,19H,3-6H2;2*1H/t10-;;/m0../s1. The Morgan fingerprint density at radius 3 is 2.29 bits per heavy atom. The van der Waals surface area contributed by atoms with E-state index in [2.05, 4.69) is 21.2 Å². The molecule has 1 saturated heterocycles. The van der Waals surface area contributed by atoms with Gasteiger partial charge in [0.2, 0.25) is 0 Å². The van der Waals surface area contributed by atoms with Crippen molar-refractivity contribution in [2.24, 2.45) is 0 Å². The summed E-state index contributed by atoms with van der Waals surface area (Å²) in [6.07, 6.45) is -2.65. The van der Waals surface area contributed by atoms with Crippen LogP contribution in [-0.2, 0) is 0 Å². The van der Waals surface area contributed by atoms with E-state index >= 15 is 0 Å². The molecule has 1 heterocycles. The molecule has 0 amide bonds. The lowest BCUT2D eigenvalue weighted by molar-refractivity contribution is 0.0169. The lowest BCUT2D eigenvalue weighted by Gasteiger charge is -2.35. The van der Waals surface area contributed by atoms with Crippen molar-refractivity contribution in [3.8, 4) is 5.75 Å². The highest BCUT2D eigenvalue weighted by atomic mass is 79.9. The number of nitrogens with zero attached hydrogens (tertiary/aromatic N) is 1. The molecule has 1 atom stereocenters. The number of benzene rings is 1. The summed E-state index contributed by atoms with van der Waals surface area (Å²) in [5.41, 5.74) is 0.0465. The Kier molecular flexibility index (Phi) is 8.96. The van der Waals surface area contributed by atoms with Crippen molar-refractivity contribution in [1.29, 1.82) is 0 Å². The van der Waals surface area contributed by atoms with Crippen molar-refractivity contribution in [2.75, 3.05) is 26.2 Å². The van der Waals surface area contributed by atoms with Crippen LogP contribution in [0.1, 0.15) is 11.6 Å². The molecule has 3 nitrogen and oxygen atoms in total. The molecule has 0 unspecified atom stereocenters. The molecule has 1 aromatic carbocycles. The highest BCUT2D eigenvalue weighted by Gasteiger charge is 2.33. The first kappa shape index (κ1) is 20.8. The average Bonchev–Trinajstić information content (AvgIpc) is 2.40. The van der Waals surface area contributed by atoms with Gasteiger partial charge in [-0.05, 0) is 22.0 Å². The van der Waals surface area contributed by atoms with Crippen LogP contribution < -0.4 is 5.32 Å². The van der Waals surface area contributed by atoms with Crippen molar-refractivity contribution in [1.82, 2.24) is 10.2 Å². The predicted octanol–water partition coefficient (Wildman–Crippen LogP) is 3.35. The van der Waals surface area contributed by atoms with Crippen LogP contribution in [-0.4, -0.2) is 42.6 Å². The molecule has 1 aliphatic rings. The second kappa shape index (κ2) is 9.05. The Labute approximate surface area is 141 Å². The zero-order valence-corrected chi connectivity index (χ0v) is 14.1. The van der Waals surface area contributed by atoms with Gasteiger partial charge in [0.05, 0.1) is 4.47 Å². The summed E-state index contributed by atoms with van der Waals surface area (Å²) in [5, 5.41) is 12.9. The van der Waals surface area contributed by atoms with Gasteiger partial charge in [-0.25, -0.2) is 13.2 Å². The van der Waals surface area contributed by atoms with Gasteiger partial charge in [0.1, 0.15) is 17.6 Å². The zero-order chi connectivity index (χ0) is 14.0. The maximum absolute atomic E-state index is 13.3. The summed E-state index contributed by atoms with van der Waals surface area (Å²) in [6.45, 7) is 2.16. The third kappa shape index (κ3) is 4.63. The number of hydrogen-bond donors (Lipinski definition) is 2. The van der Waals surface area contributed by atoms with E-state index in [0.717, 1.165) is 6.07 Å². The summed E-state index contributed by atoms with van der Waals surface area (Å²) >= 11 is 2.87. The smallest absolute Gasteiger partial charge is 0.258 e. The van der Waals surface area contributed by atoms with E-state index in [0.29, 0.717) is 26.2 Å². The van der Waals surface area contributed by atoms with E-state index in [1.807, 2.05) is 0 Å². The van der Waals surface area contributed by atoms with E-state index in [-0.39, 0.29) is 34.9 Å². The van der Waals surface area contributed by atoms with Crippen LogP contribution in [0.25, 0.3) is 0 Å². The van der Waals surface area contributed by atoms with Crippen LogP contribution >= 0.6 is 40.7 Å². The molecule has 1 aromatic rings. The molecular formula is C12H16BrCl2F3N2O. The summed E-state index contributed by atoms with van der Waals surface area (Å²) in [5.74, 6) is -1.13. The highest BCUT2D eigenvalue weighted by Crippen LogP contribution is 2.38. The predicted molar refractivity (Wildman–Crippen MR) is 83.4 cm³/mol. The van der Waals surface area contributed by atoms with Crippen molar-refractivity contribution >= 4 is 40.7 Å². The van der Waals surface area contributed by atoms with Gasteiger partial charge in [-0.1, -0.05) is 6.07 Å². The van der Waals surface area contributed by atoms with Crippen LogP contribution in [0.4, 0.5) is 13.2 Å². The van der Waals surface area contributed by atoms with Gasteiger partial charge < -0.3 is 10.4 Å². The van der Waals surface area contributed by atoms with Crippen LogP contribution in [0.15, 0.2) is 16.6 Å². The average molecular weight is 412 g/mol. The van der Waals surface area contributed by atoms with Gasteiger partial charge in [-0.2, -0.15) is 0 Å². The maximum atomic E-state index is 13.3. The fraction of sp³-hybridized carbons (Fsp3) is 0.500. The maximum Gasteiger partial charge on any atom is 0.258 e. The molecule has 9 heteroatoms. The zero-order valence-electron chi connectivity index (χ0n) is 10.9. The first-order chi connectivity index (χ1) is 9.02. The number of rotatable bonds is 3. The third-order valence-corrected chi connectivity index (χ3v) is 3.96. The van der Waals surface area contributed by atoms with Gasteiger partial charge in [-0.15, -0.1) is 24.8 Å². The van der Waals surface area contributed by atoms with E-state index < -0.39 is 24.0 Å². The van der Waals surface area contributed by atoms with Crippen molar-refractivity contribution < 1.29 is 18.3 Å². The monoisotopic (exact) mass is 410 g/mol. The Balaban J connectivity index is 0.00000200. The first-order valence-corrected chi connectivity index (χ1v) is 6.71. The molecule has 2 N–H and O–H groups in total. The Morgan fingerprint density at radius 1 is 1.19 bits per heavy atom. The first-order valence-electron chi connectivity index (χ1n) is 5.92. The number of phenolic OH excluding ortho intramolecular Hbond substituents is 1. The number of aromatic hydroxyl groups is 1. The molecule has 0 aromatic heterocycles. The normalized spacial score (nSPS) is 17.0. The summed E-state index contributed by atoms with van der Waals surface area (Å²) in [7, 11) is 0. The molecule has 0 aliphatic carbocycles. The molecule has 0 radical (unpaired) electrons. The van der Waals surface area contributed by atoms with E-state index in [9.17, 15) is 18.3 Å². The molecule has 2 rings (SSSR count). The lowest BCUT2D eigenvalue weighted by Crippen LogP contribution is -2.46. The molecule has 1 aliphatic heterocycles. The summed E-state index contributed by atoms with van der Waals surface area (Å²) < 4.78 is 39.7. The Morgan fingerprint density at radius 2 is 1.76 bits per heavy atom. The number of nitrogens with one attached hydrogen (secondary N) is 1. The van der Waals surface area contributed by atoms with Gasteiger partial charge in [0.15, 0.2) is 0 Å². The molecule has 1 fully saturated rings. The second-order valence-corrected chi connectivity index (χ2v) is 5.16. The molecule has 122 valence electrons. The minimum Gasteiger partial charge on any atom is -0.506 e. The number of phenols is 1. The molecule has 0 spiro atoms. The Hall–Kier alpha value is -0.210. The second-order valence-electron chi connectivity index (χ2n) is 4.36. The number of alkyl halides is 2. The quantitative estimate of drug-likeness (QED) is 0.800. The molecule has 21 heavy (non-hydrogen) atoms. The summed E-state index contributed by atoms with van der Waals surface area (Å²) in [6, 6.07) is 1.07. The third-order valence-electron chi connectivity index (χ3n) is 3.20. The molecular weight excluding hydrogens is 396 g/mol. The van der Waals surface area contributed by atoms with Gasteiger partial charge in [0, 0.05) is 31.7 Å². The largest absolute Gasteiger partial charge is 0.506 e. The van der Waals surface area contributed by atoms with Crippen LogP contribution in [0.3, 0.4) is 0 Å². The van der Waals surface area contributed by atoms with Gasteiger partial charge >= 0.3 is 0 Å². The van der Waals surface area contributed by atoms with Crippen molar-refractivity contribution in [2.45, 2.75) is 12.5 Å². The number of piperazine rings is 1. The van der Waals surface area contributed by atoms with E-state index in [1.54, 1.807) is 4.90 Å². The van der Waals surface area contributed by atoms with Crippen LogP contribution in [0.5, 0.6) is 5.75 Å². The SMILES string of the molecule is Cl.Cl.Oc1c([C@@H](C(F)F)N2CCNCC2)ccc(F)c1Br. The van der Waals surface area contributed by atoms with Gasteiger partial charge in [0.25, 0.3) is 6.43 Å². The summed E-state index contributed by atoms with van der Waals surface area (Å²) in [4.78, 5) is 1.60. The van der Waals surface area contributed by atoms with E-state index in [1.165, 1.54) is 6.07 Å².